The van der Waals surface area contributed by atoms with Crippen LogP contribution in [0, 0.1) is 5.92 Å². The number of hydrogen-bond donors (Lipinski definition) is 1. The summed E-state index contributed by atoms with van der Waals surface area (Å²) in [6.45, 7) is 3.20. The second-order valence-corrected chi connectivity index (χ2v) is 6.68. The van der Waals surface area contributed by atoms with E-state index in [1.807, 2.05) is 0 Å². The Morgan fingerprint density at radius 1 is 1.06 bits per heavy atom. The number of nitrogens with two attached hydrogens (primary N) is 1. The van der Waals surface area contributed by atoms with Crippen LogP contribution in [0.2, 0.25) is 0 Å². The molecular weight excluding hydrogens is 220 g/mol. The maximum atomic E-state index is 6.16. The van der Waals surface area contributed by atoms with Crippen LogP contribution in [0.3, 0.4) is 0 Å². The topological polar surface area (TPSA) is 29.3 Å². The van der Waals surface area contributed by atoms with Gasteiger partial charge in [0.05, 0.1) is 0 Å². The quantitative estimate of drug-likeness (QED) is 0.829. The summed E-state index contributed by atoms with van der Waals surface area (Å²) in [6, 6.07) is 0.800. The minimum atomic E-state index is 0.335. The van der Waals surface area contributed by atoms with Crippen molar-refractivity contribution < 1.29 is 0 Å². The number of rotatable bonds is 4. The Labute approximate surface area is 113 Å². The monoisotopic (exact) mass is 252 g/mol. The van der Waals surface area contributed by atoms with E-state index in [1.54, 1.807) is 0 Å². The molecule has 0 bridgehead atoms. The van der Waals surface area contributed by atoms with Crippen molar-refractivity contribution >= 4 is 0 Å². The minimum absolute atomic E-state index is 0.335. The number of likely N-dealkylation sites (N-methyl/N-ethyl adjacent to an activating group) is 1. The standard InChI is InChI=1S/C16H32N2/c1-3-14-7-9-15(10-8-14)18(2)16(13-17)11-5-4-6-12-16/h14-15H,3-13,17H2,1-2H3. The van der Waals surface area contributed by atoms with Crippen LogP contribution in [0.15, 0.2) is 0 Å². The van der Waals surface area contributed by atoms with Crippen LogP contribution in [-0.2, 0) is 0 Å². The molecule has 0 heterocycles. The SMILES string of the molecule is CCC1CCC(N(C)C2(CN)CCCCC2)CC1. The largest absolute Gasteiger partial charge is 0.329 e. The minimum Gasteiger partial charge on any atom is -0.329 e. The van der Waals surface area contributed by atoms with Gasteiger partial charge in [0, 0.05) is 18.1 Å². The van der Waals surface area contributed by atoms with E-state index in [9.17, 15) is 0 Å². The van der Waals surface area contributed by atoms with Gasteiger partial charge in [0.15, 0.2) is 0 Å². The summed E-state index contributed by atoms with van der Waals surface area (Å²) in [7, 11) is 2.36. The van der Waals surface area contributed by atoms with Gasteiger partial charge in [-0.25, -0.2) is 0 Å². The third-order valence-corrected chi connectivity index (χ3v) is 5.85. The highest BCUT2D eigenvalue weighted by molar-refractivity contribution is 4.96. The van der Waals surface area contributed by atoms with Gasteiger partial charge in [-0.2, -0.15) is 0 Å². The Morgan fingerprint density at radius 2 is 1.67 bits per heavy atom. The van der Waals surface area contributed by atoms with Crippen molar-refractivity contribution in [1.82, 2.24) is 4.90 Å². The van der Waals surface area contributed by atoms with Crippen LogP contribution in [0.4, 0.5) is 0 Å². The molecule has 18 heavy (non-hydrogen) atoms. The molecule has 2 heteroatoms. The van der Waals surface area contributed by atoms with Gasteiger partial charge in [0.2, 0.25) is 0 Å². The average Bonchev–Trinajstić information content (AvgIpc) is 2.47. The summed E-state index contributed by atoms with van der Waals surface area (Å²) in [6.07, 6.45) is 13.9. The fraction of sp³-hybridized carbons (Fsp3) is 1.00. The molecule has 0 radical (unpaired) electrons. The van der Waals surface area contributed by atoms with Crippen LogP contribution < -0.4 is 5.73 Å². The van der Waals surface area contributed by atoms with Crippen molar-refractivity contribution in [2.45, 2.75) is 82.7 Å². The van der Waals surface area contributed by atoms with E-state index in [2.05, 4.69) is 18.9 Å². The zero-order valence-corrected chi connectivity index (χ0v) is 12.5. The zero-order chi connectivity index (χ0) is 13.0. The van der Waals surface area contributed by atoms with Crippen LogP contribution in [0.5, 0.6) is 0 Å². The van der Waals surface area contributed by atoms with Gasteiger partial charge in [-0.3, -0.25) is 4.90 Å². The van der Waals surface area contributed by atoms with Gasteiger partial charge in [-0.15, -0.1) is 0 Å². The Bertz CT molecular complexity index is 237. The Morgan fingerprint density at radius 3 is 2.17 bits per heavy atom. The van der Waals surface area contributed by atoms with Gasteiger partial charge >= 0.3 is 0 Å². The van der Waals surface area contributed by atoms with E-state index in [0.717, 1.165) is 18.5 Å². The molecule has 2 aliphatic rings. The van der Waals surface area contributed by atoms with Crippen molar-refractivity contribution in [1.29, 1.82) is 0 Å². The molecule has 2 rings (SSSR count). The molecule has 2 fully saturated rings. The lowest BCUT2D eigenvalue weighted by Crippen LogP contribution is -2.57. The van der Waals surface area contributed by atoms with Crippen molar-refractivity contribution in [3.63, 3.8) is 0 Å². The first-order chi connectivity index (χ1) is 8.72. The third-order valence-electron chi connectivity index (χ3n) is 5.85. The highest BCUT2D eigenvalue weighted by atomic mass is 15.2. The molecule has 0 amide bonds. The van der Waals surface area contributed by atoms with Gasteiger partial charge in [-0.1, -0.05) is 32.6 Å². The van der Waals surface area contributed by atoms with Gasteiger partial charge in [0.1, 0.15) is 0 Å². The van der Waals surface area contributed by atoms with Crippen LogP contribution in [0.25, 0.3) is 0 Å². The number of nitrogens with zero attached hydrogens (tertiary/aromatic N) is 1. The second-order valence-electron chi connectivity index (χ2n) is 6.68. The zero-order valence-electron chi connectivity index (χ0n) is 12.5. The van der Waals surface area contributed by atoms with E-state index >= 15 is 0 Å². The summed E-state index contributed by atoms with van der Waals surface area (Å²) >= 11 is 0. The Balaban J connectivity index is 1.94. The molecule has 0 aromatic carbocycles. The molecule has 0 aromatic rings. The highest BCUT2D eigenvalue weighted by Gasteiger charge is 2.38. The summed E-state index contributed by atoms with van der Waals surface area (Å²) in [5.74, 6) is 0.995. The first kappa shape index (κ1) is 14.3. The maximum absolute atomic E-state index is 6.16. The summed E-state index contributed by atoms with van der Waals surface area (Å²) in [4.78, 5) is 2.69. The predicted molar refractivity (Wildman–Crippen MR) is 78.7 cm³/mol. The lowest BCUT2D eigenvalue weighted by Gasteiger charge is -2.49. The van der Waals surface area contributed by atoms with Crippen molar-refractivity contribution in [3.05, 3.63) is 0 Å². The molecule has 0 spiro atoms. The molecule has 0 atom stereocenters. The molecular formula is C16H32N2. The molecule has 0 aliphatic heterocycles. The summed E-state index contributed by atoms with van der Waals surface area (Å²) < 4.78 is 0. The van der Waals surface area contributed by atoms with Crippen molar-refractivity contribution in [2.24, 2.45) is 11.7 Å². The Kier molecular flexibility index (Phi) is 5.08. The lowest BCUT2D eigenvalue weighted by atomic mass is 9.77. The fourth-order valence-corrected chi connectivity index (χ4v) is 4.24. The molecule has 0 unspecified atom stereocenters. The highest BCUT2D eigenvalue weighted by Crippen LogP contribution is 2.37. The van der Waals surface area contributed by atoms with Crippen LogP contribution in [0.1, 0.15) is 71.1 Å². The second kappa shape index (κ2) is 6.38. The molecule has 0 aromatic heterocycles. The summed E-state index contributed by atoms with van der Waals surface area (Å²) in [5, 5.41) is 0. The molecule has 2 aliphatic carbocycles. The third kappa shape index (κ3) is 2.91. The molecule has 2 nitrogen and oxygen atoms in total. The van der Waals surface area contributed by atoms with E-state index < -0.39 is 0 Å². The first-order valence-corrected chi connectivity index (χ1v) is 8.15. The van der Waals surface area contributed by atoms with Crippen LogP contribution >= 0.6 is 0 Å². The first-order valence-electron chi connectivity index (χ1n) is 8.15. The van der Waals surface area contributed by atoms with Gasteiger partial charge in [-0.05, 0) is 51.5 Å². The average molecular weight is 252 g/mol. The van der Waals surface area contributed by atoms with Gasteiger partial charge < -0.3 is 5.73 Å². The van der Waals surface area contributed by atoms with E-state index in [-0.39, 0.29) is 0 Å². The Hall–Kier alpha value is -0.0800. The molecule has 2 N–H and O–H groups in total. The lowest BCUT2D eigenvalue weighted by molar-refractivity contribution is 0.0221. The molecule has 2 saturated carbocycles. The number of hydrogen-bond acceptors (Lipinski definition) is 2. The molecule has 0 saturated heterocycles. The van der Waals surface area contributed by atoms with E-state index in [4.69, 9.17) is 5.73 Å². The smallest absolute Gasteiger partial charge is 0.0331 e. The van der Waals surface area contributed by atoms with Crippen LogP contribution in [-0.4, -0.2) is 30.1 Å². The summed E-state index contributed by atoms with van der Waals surface area (Å²) in [5.41, 5.74) is 6.49. The fourth-order valence-electron chi connectivity index (χ4n) is 4.24. The van der Waals surface area contributed by atoms with E-state index in [0.29, 0.717) is 5.54 Å². The van der Waals surface area contributed by atoms with Gasteiger partial charge in [0.25, 0.3) is 0 Å². The maximum Gasteiger partial charge on any atom is 0.0331 e. The van der Waals surface area contributed by atoms with Crippen molar-refractivity contribution in [2.75, 3.05) is 13.6 Å². The predicted octanol–water partition coefficient (Wildman–Crippen LogP) is 3.55. The van der Waals surface area contributed by atoms with E-state index in [1.165, 1.54) is 64.2 Å². The molecule has 106 valence electrons. The normalized spacial score (nSPS) is 32.7. The van der Waals surface area contributed by atoms with Crippen molar-refractivity contribution in [3.8, 4) is 0 Å².